The minimum Gasteiger partial charge on any atom is -0.481 e. The van der Waals surface area contributed by atoms with Crippen molar-refractivity contribution in [3.63, 3.8) is 0 Å². The predicted molar refractivity (Wildman–Crippen MR) is 88.6 cm³/mol. The van der Waals surface area contributed by atoms with Gasteiger partial charge in [0.05, 0.1) is 0 Å². The predicted octanol–water partition coefficient (Wildman–Crippen LogP) is 1.71. The fraction of sp³-hybridized carbons (Fsp3) is 0.588. The molecule has 0 aliphatic carbocycles. The van der Waals surface area contributed by atoms with Gasteiger partial charge in [0.25, 0.3) is 5.91 Å². The largest absolute Gasteiger partial charge is 0.481 e. The van der Waals surface area contributed by atoms with Crippen molar-refractivity contribution in [1.82, 2.24) is 15.5 Å². The van der Waals surface area contributed by atoms with E-state index in [0.29, 0.717) is 31.9 Å². The summed E-state index contributed by atoms with van der Waals surface area (Å²) < 4.78 is 45.4. The lowest BCUT2D eigenvalue weighted by Crippen LogP contribution is -2.58. The monoisotopic (exact) mass is 359 g/mol. The highest BCUT2D eigenvalue weighted by molar-refractivity contribution is 5.80. The molecule has 2 rings (SSSR count). The van der Waals surface area contributed by atoms with E-state index in [-0.39, 0.29) is 0 Å². The van der Waals surface area contributed by atoms with Gasteiger partial charge in [-0.2, -0.15) is 13.2 Å². The number of aryl methyl sites for hydroxylation is 1. The van der Waals surface area contributed by atoms with Gasteiger partial charge in [-0.3, -0.25) is 9.69 Å². The van der Waals surface area contributed by atoms with Crippen LogP contribution in [-0.4, -0.2) is 61.9 Å². The minimum atomic E-state index is -4.40. The number of carbonyl (C=O) groups is 1. The Balaban J connectivity index is 1.91. The summed E-state index contributed by atoms with van der Waals surface area (Å²) in [6.07, 6.45) is -5.27. The summed E-state index contributed by atoms with van der Waals surface area (Å²) in [6.45, 7) is 4.54. The summed E-state index contributed by atoms with van der Waals surface area (Å²) in [6, 6.07) is 5.46. The number of halogens is 3. The standard InChI is InChI=1S/C17H24F3N3O2/c1-12-4-3-5-14(10-12)25-13(2)16(24)22-11-15(17(18,19)20)23-8-6-21-7-9-23/h3-5,10,13,15,21H,6-9,11H2,1-2H3,(H,22,24). The molecule has 0 aromatic heterocycles. The Kier molecular flexibility index (Phi) is 6.66. The molecule has 25 heavy (non-hydrogen) atoms. The number of amides is 1. The summed E-state index contributed by atoms with van der Waals surface area (Å²) in [4.78, 5) is 13.5. The summed E-state index contributed by atoms with van der Waals surface area (Å²) in [5.41, 5.74) is 0.973. The third-order valence-electron chi connectivity index (χ3n) is 4.11. The highest BCUT2D eigenvalue weighted by Crippen LogP contribution is 2.24. The van der Waals surface area contributed by atoms with Gasteiger partial charge in [-0.25, -0.2) is 0 Å². The quantitative estimate of drug-likeness (QED) is 0.812. The van der Waals surface area contributed by atoms with Crippen LogP contribution in [0.3, 0.4) is 0 Å². The number of alkyl halides is 3. The van der Waals surface area contributed by atoms with Crippen LogP contribution in [0.2, 0.25) is 0 Å². The Bertz CT molecular complexity index is 575. The first-order valence-electron chi connectivity index (χ1n) is 8.30. The average Bonchev–Trinajstić information content (AvgIpc) is 2.54. The van der Waals surface area contributed by atoms with E-state index in [4.69, 9.17) is 4.74 Å². The van der Waals surface area contributed by atoms with Crippen LogP contribution in [0.1, 0.15) is 12.5 Å². The molecule has 1 heterocycles. The molecule has 140 valence electrons. The molecule has 0 saturated carbocycles. The zero-order valence-electron chi connectivity index (χ0n) is 14.4. The van der Waals surface area contributed by atoms with Crippen molar-refractivity contribution < 1.29 is 22.7 Å². The summed E-state index contributed by atoms with van der Waals surface area (Å²) in [5.74, 6) is -0.0528. The van der Waals surface area contributed by atoms with E-state index in [1.807, 2.05) is 13.0 Å². The zero-order valence-corrected chi connectivity index (χ0v) is 14.4. The Hall–Kier alpha value is -1.80. The van der Waals surface area contributed by atoms with Crippen LogP contribution >= 0.6 is 0 Å². The molecule has 0 radical (unpaired) electrons. The molecule has 1 aliphatic heterocycles. The fourth-order valence-corrected chi connectivity index (χ4v) is 2.73. The van der Waals surface area contributed by atoms with Gasteiger partial charge in [-0.1, -0.05) is 12.1 Å². The Morgan fingerprint density at radius 1 is 1.36 bits per heavy atom. The van der Waals surface area contributed by atoms with E-state index >= 15 is 0 Å². The molecule has 1 aromatic rings. The van der Waals surface area contributed by atoms with Crippen molar-refractivity contribution in [3.05, 3.63) is 29.8 Å². The minimum absolute atomic E-state index is 0.301. The van der Waals surface area contributed by atoms with Crippen molar-refractivity contribution in [2.24, 2.45) is 0 Å². The summed E-state index contributed by atoms with van der Waals surface area (Å²) in [7, 11) is 0. The van der Waals surface area contributed by atoms with Crippen LogP contribution in [0.4, 0.5) is 13.2 Å². The smallest absolute Gasteiger partial charge is 0.405 e. The van der Waals surface area contributed by atoms with E-state index in [2.05, 4.69) is 10.6 Å². The van der Waals surface area contributed by atoms with Gasteiger partial charge < -0.3 is 15.4 Å². The van der Waals surface area contributed by atoms with Crippen LogP contribution in [0.25, 0.3) is 0 Å². The van der Waals surface area contributed by atoms with E-state index in [0.717, 1.165) is 5.56 Å². The number of benzene rings is 1. The normalized spacial score (nSPS) is 18.4. The highest BCUT2D eigenvalue weighted by Gasteiger charge is 2.44. The van der Waals surface area contributed by atoms with Gasteiger partial charge in [-0.05, 0) is 31.5 Å². The second-order valence-electron chi connectivity index (χ2n) is 6.17. The van der Waals surface area contributed by atoms with Crippen LogP contribution in [0.5, 0.6) is 5.75 Å². The maximum absolute atomic E-state index is 13.3. The molecule has 2 atom stereocenters. The lowest BCUT2D eigenvalue weighted by atomic mass is 10.2. The number of hydrogen-bond donors (Lipinski definition) is 2. The molecule has 1 aromatic carbocycles. The van der Waals surface area contributed by atoms with Crippen molar-refractivity contribution in [2.75, 3.05) is 32.7 Å². The van der Waals surface area contributed by atoms with Gasteiger partial charge in [-0.15, -0.1) is 0 Å². The fourth-order valence-electron chi connectivity index (χ4n) is 2.73. The first kappa shape index (κ1) is 19.5. The average molecular weight is 359 g/mol. The maximum atomic E-state index is 13.3. The van der Waals surface area contributed by atoms with Crippen LogP contribution in [0.15, 0.2) is 24.3 Å². The van der Waals surface area contributed by atoms with E-state index in [9.17, 15) is 18.0 Å². The van der Waals surface area contributed by atoms with Crippen molar-refractivity contribution >= 4 is 5.91 Å². The van der Waals surface area contributed by atoms with Crippen LogP contribution < -0.4 is 15.4 Å². The van der Waals surface area contributed by atoms with E-state index < -0.39 is 30.8 Å². The molecule has 0 bridgehead atoms. The Morgan fingerprint density at radius 3 is 2.64 bits per heavy atom. The maximum Gasteiger partial charge on any atom is 0.405 e. The van der Waals surface area contributed by atoms with Gasteiger partial charge >= 0.3 is 6.18 Å². The zero-order chi connectivity index (χ0) is 18.4. The molecular formula is C17H24F3N3O2. The Labute approximate surface area is 145 Å². The molecule has 1 fully saturated rings. The number of carbonyl (C=O) groups excluding carboxylic acids is 1. The molecule has 2 unspecified atom stereocenters. The molecule has 0 spiro atoms. The lowest BCUT2D eigenvalue weighted by Gasteiger charge is -2.36. The first-order valence-corrected chi connectivity index (χ1v) is 8.30. The second kappa shape index (κ2) is 8.53. The van der Waals surface area contributed by atoms with Crippen molar-refractivity contribution in [1.29, 1.82) is 0 Å². The molecule has 2 N–H and O–H groups in total. The topological polar surface area (TPSA) is 53.6 Å². The van der Waals surface area contributed by atoms with Gasteiger partial charge in [0, 0.05) is 32.7 Å². The van der Waals surface area contributed by atoms with Crippen LogP contribution in [0, 0.1) is 6.92 Å². The summed E-state index contributed by atoms with van der Waals surface area (Å²) >= 11 is 0. The van der Waals surface area contributed by atoms with Crippen molar-refractivity contribution in [3.8, 4) is 5.75 Å². The van der Waals surface area contributed by atoms with E-state index in [1.54, 1.807) is 18.2 Å². The SMILES string of the molecule is Cc1cccc(OC(C)C(=O)NCC(N2CCNCC2)C(F)(F)F)c1. The third kappa shape index (κ3) is 5.89. The number of nitrogens with one attached hydrogen (secondary N) is 2. The van der Waals surface area contributed by atoms with Gasteiger partial charge in [0.2, 0.25) is 0 Å². The number of piperazine rings is 1. The third-order valence-corrected chi connectivity index (χ3v) is 4.11. The van der Waals surface area contributed by atoms with Gasteiger partial charge in [0.15, 0.2) is 6.10 Å². The van der Waals surface area contributed by atoms with Crippen LogP contribution in [-0.2, 0) is 4.79 Å². The molecule has 1 amide bonds. The number of rotatable bonds is 6. The van der Waals surface area contributed by atoms with Gasteiger partial charge in [0.1, 0.15) is 11.8 Å². The molecular weight excluding hydrogens is 335 g/mol. The summed E-state index contributed by atoms with van der Waals surface area (Å²) in [5, 5.41) is 5.39. The molecule has 5 nitrogen and oxygen atoms in total. The molecule has 1 saturated heterocycles. The van der Waals surface area contributed by atoms with Crippen molar-refractivity contribution in [2.45, 2.75) is 32.2 Å². The highest BCUT2D eigenvalue weighted by atomic mass is 19.4. The number of ether oxygens (including phenoxy) is 1. The number of nitrogens with zero attached hydrogens (tertiary/aromatic N) is 1. The first-order chi connectivity index (χ1) is 11.8. The molecule has 8 heteroatoms. The number of hydrogen-bond acceptors (Lipinski definition) is 4. The Morgan fingerprint density at radius 2 is 2.04 bits per heavy atom. The second-order valence-corrected chi connectivity index (χ2v) is 6.17. The lowest BCUT2D eigenvalue weighted by molar-refractivity contribution is -0.184. The van der Waals surface area contributed by atoms with E-state index in [1.165, 1.54) is 11.8 Å². The molecule has 1 aliphatic rings.